The number of aryl methyl sites for hydroxylation is 1. The van der Waals surface area contributed by atoms with Gasteiger partial charge in [-0.1, -0.05) is 90.2 Å². The summed E-state index contributed by atoms with van der Waals surface area (Å²) in [5.41, 5.74) is 1.35. The largest absolute Gasteiger partial charge is 0.508 e. The fraction of sp³-hybridized carbons (Fsp3) is 0.714. The SMILES string of the molecule is CC(C)CCCCCCCCCCCCc1ccc(O)cc1. The first-order chi connectivity index (χ1) is 10.7. The van der Waals surface area contributed by atoms with Crippen molar-refractivity contribution in [3.05, 3.63) is 29.8 Å². The Morgan fingerprint density at radius 1 is 0.682 bits per heavy atom. The second-order valence-corrected chi connectivity index (χ2v) is 7.13. The molecule has 22 heavy (non-hydrogen) atoms. The smallest absolute Gasteiger partial charge is 0.115 e. The molecule has 0 aromatic heterocycles. The van der Waals surface area contributed by atoms with E-state index in [0.717, 1.165) is 12.3 Å². The van der Waals surface area contributed by atoms with Gasteiger partial charge in [-0.25, -0.2) is 0 Å². The van der Waals surface area contributed by atoms with Crippen molar-refractivity contribution < 1.29 is 5.11 Å². The van der Waals surface area contributed by atoms with Crippen LogP contribution in [0.15, 0.2) is 24.3 Å². The zero-order chi connectivity index (χ0) is 16.0. The Morgan fingerprint density at radius 2 is 1.14 bits per heavy atom. The van der Waals surface area contributed by atoms with E-state index >= 15 is 0 Å². The van der Waals surface area contributed by atoms with Crippen LogP contribution in [0.1, 0.15) is 90.0 Å². The van der Waals surface area contributed by atoms with E-state index in [1.165, 1.54) is 76.2 Å². The Balaban J connectivity index is 1.81. The summed E-state index contributed by atoms with van der Waals surface area (Å²) in [6.07, 6.45) is 16.5. The summed E-state index contributed by atoms with van der Waals surface area (Å²) in [5, 5.41) is 9.24. The van der Waals surface area contributed by atoms with Crippen LogP contribution in [0, 0.1) is 5.92 Å². The minimum atomic E-state index is 0.368. The number of phenols is 1. The lowest BCUT2D eigenvalue weighted by Gasteiger charge is -2.05. The highest BCUT2D eigenvalue weighted by atomic mass is 16.3. The molecule has 0 heterocycles. The summed E-state index contributed by atoms with van der Waals surface area (Å²) >= 11 is 0. The molecule has 0 spiro atoms. The topological polar surface area (TPSA) is 20.2 Å². The van der Waals surface area contributed by atoms with Crippen LogP contribution < -0.4 is 0 Å². The maximum absolute atomic E-state index is 9.24. The van der Waals surface area contributed by atoms with Crippen molar-refractivity contribution in [2.75, 3.05) is 0 Å². The Kier molecular flexibility index (Phi) is 10.9. The van der Waals surface area contributed by atoms with Gasteiger partial charge in [0, 0.05) is 0 Å². The first-order valence-corrected chi connectivity index (χ1v) is 9.46. The standard InChI is InChI=1S/C21H36O/c1-19(2)13-11-9-7-5-3-4-6-8-10-12-14-20-15-17-21(22)18-16-20/h15-19,22H,3-14H2,1-2H3. The molecule has 0 atom stereocenters. The number of phenolic OH excluding ortho intramolecular Hbond substituents is 1. The molecule has 0 saturated heterocycles. The monoisotopic (exact) mass is 304 g/mol. The number of aromatic hydroxyl groups is 1. The molecule has 0 bridgehead atoms. The van der Waals surface area contributed by atoms with E-state index in [1.807, 2.05) is 12.1 Å². The van der Waals surface area contributed by atoms with E-state index in [-0.39, 0.29) is 0 Å². The Labute approximate surface area is 138 Å². The Morgan fingerprint density at radius 3 is 1.64 bits per heavy atom. The fourth-order valence-electron chi connectivity index (χ4n) is 2.96. The summed E-state index contributed by atoms with van der Waals surface area (Å²) in [6, 6.07) is 7.65. The molecule has 0 aliphatic carbocycles. The maximum atomic E-state index is 9.24. The highest BCUT2D eigenvalue weighted by molar-refractivity contribution is 5.25. The third kappa shape index (κ3) is 10.7. The highest BCUT2D eigenvalue weighted by Crippen LogP contribution is 2.15. The van der Waals surface area contributed by atoms with Crippen LogP contribution in [0.4, 0.5) is 0 Å². The lowest BCUT2D eigenvalue weighted by atomic mass is 10.0. The van der Waals surface area contributed by atoms with Crippen LogP contribution in [0.25, 0.3) is 0 Å². The van der Waals surface area contributed by atoms with Crippen LogP contribution in [0.2, 0.25) is 0 Å². The van der Waals surface area contributed by atoms with Crippen molar-refractivity contribution in [2.45, 2.75) is 90.9 Å². The lowest BCUT2D eigenvalue weighted by molar-refractivity contribution is 0.475. The van der Waals surface area contributed by atoms with Gasteiger partial charge in [0.05, 0.1) is 0 Å². The summed E-state index contributed by atoms with van der Waals surface area (Å²) in [6.45, 7) is 4.64. The van der Waals surface area contributed by atoms with Crippen molar-refractivity contribution in [1.82, 2.24) is 0 Å². The van der Waals surface area contributed by atoms with E-state index < -0.39 is 0 Å². The van der Waals surface area contributed by atoms with Crippen molar-refractivity contribution in [3.63, 3.8) is 0 Å². The fourth-order valence-corrected chi connectivity index (χ4v) is 2.96. The average molecular weight is 305 g/mol. The molecular formula is C21H36O. The second kappa shape index (κ2) is 12.6. The zero-order valence-corrected chi connectivity index (χ0v) is 14.8. The van der Waals surface area contributed by atoms with E-state index in [1.54, 1.807) is 12.1 Å². The molecule has 1 aromatic carbocycles. The lowest BCUT2D eigenvalue weighted by Crippen LogP contribution is -1.88. The maximum Gasteiger partial charge on any atom is 0.115 e. The minimum Gasteiger partial charge on any atom is -0.508 e. The number of rotatable bonds is 13. The second-order valence-electron chi connectivity index (χ2n) is 7.13. The van der Waals surface area contributed by atoms with Crippen LogP contribution in [0.5, 0.6) is 5.75 Å². The Bertz CT molecular complexity index is 353. The first-order valence-electron chi connectivity index (χ1n) is 9.46. The van der Waals surface area contributed by atoms with E-state index in [4.69, 9.17) is 0 Å². The zero-order valence-electron chi connectivity index (χ0n) is 14.8. The molecule has 1 nitrogen and oxygen atoms in total. The highest BCUT2D eigenvalue weighted by Gasteiger charge is 1.97. The molecule has 1 heteroatoms. The van der Waals surface area contributed by atoms with Gasteiger partial charge in [-0.15, -0.1) is 0 Å². The van der Waals surface area contributed by atoms with Crippen LogP contribution in [-0.4, -0.2) is 5.11 Å². The van der Waals surface area contributed by atoms with E-state index in [2.05, 4.69) is 13.8 Å². The number of hydrogen-bond donors (Lipinski definition) is 1. The number of unbranched alkanes of at least 4 members (excludes halogenated alkanes) is 9. The van der Waals surface area contributed by atoms with Crippen LogP contribution in [-0.2, 0) is 6.42 Å². The van der Waals surface area contributed by atoms with Gasteiger partial charge in [0.15, 0.2) is 0 Å². The summed E-state index contributed by atoms with van der Waals surface area (Å²) in [5.74, 6) is 1.24. The quantitative estimate of drug-likeness (QED) is 0.394. The van der Waals surface area contributed by atoms with Crippen molar-refractivity contribution in [3.8, 4) is 5.75 Å². The third-order valence-electron chi connectivity index (χ3n) is 4.43. The summed E-state index contributed by atoms with van der Waals surface area (Å²) in [4.78, 5) is 0. The number of hydrogen-bond acceptors (Lipinski definition) is 1. The third-order valence-corrected chi connectivity index (χ3v) is 4.43. The number of benzene rings is 1. The molecule has 0 saturated carbocycles. The van der Waals surface area contributed by atoms with Crippen molar-refractivity contribution in [1.29, 1.82) is 0 Å². The molecule has 0 amide bonds. The van der Waals surface area contributed by atoms with Gasteiger partial charge in [-0.05, 0) is 36.5 Å². The van der Waals surface area contributed by atoms with Crippen LogP contribution >= 0.6 is 0 Å². The molecule has 0 unspecified atom stereocenters. The van der Waals surface area contributed by atoms with E-state index in [0.29, 0.717) is 5.75 Å². The molecule has 1 rings (SSSR count). The molecule has 0 fully saturated rings. The molecule has 0 radical (unpaired) electrons. The predicted octanol–water partition coefficient (Wildman–Crippen LogP) is 6.88. The summed E-state index contributed by atoms with van der Waals surface area (Å²) in [7, 11) is 0. The molecule has 1 N–H and O–H groups in total. The van der Waals surface area contributed by atoms with Gasteiger partial charge in [-0.2, -0.15) is 0 Å². The van der Waals surface area contributed by atoms with Crippen molar-refractivity contribution in [2.24, 2.45) is 5.92 Å². The molecular weight excluding hydrogens is 268 g/mol. The van der Waals surface area contributed by atoms with Gasteiger partial charge in [0.2, 0.25) is 0 Å². The van der Waals surface area contributed by atoms with Crippen LogP contribution in [0.3, 0.4) is 0 Å². The van der Waals surface area contributed by atoms with E-state index in [9.17, 15) is 5.11 Å². The van der Waals surface area contributed by atoms with Gasteiger partial charge in [0.25, 0.3) is 0 Å². The van der Waals surface area contributed by atoms with Gasteiger partial charge in [-0.3, -0.25) is 0 Å². The molecule has 0 aliphatic heterocycles. The normalized spacial score (nSPS) is 11.2. The molecule has 126 valence electrons. The van der Waals surface area contributed by atoms with Gasteiger partial charge >= 0.3 is 0 Å². The molecule has 0 aliphatic rings. The molecule has 1 aromatic rings. The van der Waals surface area contributed by atoms with Gasteiger partial charge in [0.1, 0.15) is 5.75 Å². The van der Waals surface area contributed by atoms with Gasteiger partial charge < -0.3 is 5.11 Å². The summed E-state index contributed by atoms with van der Waals surface area (Å²) < 4.78 is 0. The minimum absolute atomic E-state index is 0.368. The van der Waals surface area contributed by atoms with Crippen molar-refractivity contribution >= 4 is 0 Å². The Hall–Kier alpha value is -0.980. The average Bonchev–Trinajstić information content (AvgIpc) is 2.50. The first kappa shape index (κ1) is 19.1. The predicted molar refractivity (Wildman–Crippen MR) is 97.4 cm³/mol.